The number of amides is 1. The maximum Gasteiger partial charge on any atom is 0.229 e. The van der Waals surface area contributed by atoms with Crippen LogP contribution < -0.4 is 5.32 Å². The smallest absolute Gasteiger partial charge is 0.229 e. The number of carbonyl (C=O) groups is 1. The van der Waals surface area contributed by atoms with E-state index in [-0.39, 0.29) is 33.2 Å². The van der Waals surface area contributed by atoms with E-state index in [1.54, 1.807) is 5.57 Å². The highest BCUT2D eigenvalue weighted by molar-refractivity contribution is 5.84. The van der Waals surface area contributed by atoms with Crippen LogP contribution in [0.15, 0.2) is 11.6 Å². The molecule has 0 aromatic carbocycles. The standard InChI is InChI=1S/C34H56N2O2/c1-29(2)14-16-34(28(38)36-20-18-35-19-21-36)17-15-32(6)23(24(34)22-29)8-9-26-31(5)12-11-27(37)30(3,4)25(31)10-13-33(26,32)7/h8,24-27,35,37H,9-22H2,1-7H3/t24-,25-,26+,27-,31-,32+,33+,34-/m0/s1. The Bertz CT molecular complexity index is 1010. The fraction of sp³-hybridized carbons (Fsp3) is 0.912. The van der Waals surface area contributed by atoms with Crippen molar-refractivity contribution >= 4 is 5.91 Å². The lowest BCUT2D eigenvalue weighted by atomic mass is 9.33. The third-order valence-electron chi connectivity index (χ3n) is 14.4. The van der Waals surface area contributed by atoms with Crippen LogP contribution >= 0.6 is 0 Å². The van der Waals surface area contributed by atoms with Crippen LogP contribution in [0.5, 0.6) is 0 Å². The third kappa shape index (κ3) is 3.50. The van der Waals surface area contributed by atoms with Gasteiger partial charge in [-0.3, -0.25) is 4.79 Å². The van der Waals surface area contributed by atoms with Gasteiger partial charge < -0.3 is 15.3 Å². The van der Waals surface area contributed by atoms with Crippen molar-refractivity contribution in [2.45, 2.75) is 119 Å². The van der Waals surface area contributed by atoms with E-state index in [0.29, 0.717) is 29.1 Å². The van der Waals surface area contributed by atoms with Gasteiger partial charge in [0.2, 0.25) is 5.91 Å². The molecule has 4 heteroatoms. The minimum absolute atomic E-state index is 0.00986. The predicted octanol–water partition coefficient (Wildman–Crippen LogP) is 6.58. The number of hydrogen-bond donors (Lipinski definition) is 2. The first-order valence-electron chi connectivity index (χ1n) is 16.1. The Kier molecular flexibility index (Phi) is 6.16. The van der Waals surface area contributed by atoms with Gasteiger partial charge in [0, 0.05) is 26.2 Å². The number of carbonyl (C=O) groups excluding carboxylic acids is 1. The number of fused-ring (bicyclic) bond motifs is 7. The molecule has 1 aliphatic heterocycles. The number of aliphatic hydroxyl groups excluding tert-OH is 1. The largest absolute Gasteiger partial charge is 0.393 e. The van der Waals surface area contributed by atoms with Crippen molar-refractivity contribution in [3.8, 4) is 0 Å². The SMILES string of the molecule is CC1(C)CC[C@]2(C(=O)N3CCNCC3)CC[C@]3(C)C(=CC[C@@H]4[C@@]5(C)CC[C@H](O)C(C)(C)[C@@H]5CC[C@]43C)[C@@H]2C1. The second-order valence-electron chi connectivity index (χ2n) is 16.8. The third-order valence-corrected chi connectivity index (χ3v) is 14.4. The lowest BCUT2D eigenvalue weighted by molar-refractivity contribution is -0.204. The van der Waals surface area contributed by atoms with Crippen molar-refractivity contribution in [1.29, 1.82) is 0 Å². The molecule has 214 valence electrons. The van der Waals surface area contributed by atoms with Crippen LogP contribution in [0, 0.1) is 50.2 Å². The van der Waals surface area contributed by atoms with Crippen molar-refractivity contribution < 1.29 is 9.90 Å². The molecule has 4 nitrogen and oxygen atoms in total. The number of nitrogens with one attached hydrogen (secondary N) is 1. The summed E-state index contributed by atoms with van der Waals surface area (Å²) in [4.78, 5) is 16.7. The molecule has 6 rings (SSSR count). The first-order chi connectivity index (χ1) is 17.7. The summed E-state index contributed by atoms with van der Waals surface area (Å²) < 4.78 is 0. The van der Waals surface area contributed by atoms with Crippen molar-refractivity contribution in [3.63, 3.8) is 0 Å². The second-order valence-corrected chi connectivity index (χ2v) is 16.8. The Morgan fingerprint density at radius 2 is 1.58 bits per heavy atom. The van der Waals surface area contributed by atoms with Gasteiger partial charge >= 0.3 is 0 Å². The van der Waals surface area contributed by atoms with Crippen LogP contribution in [0.3, 0.4) is 0 Å². The fourth-order valence-corrected chi connectivity index (χ4v) is 11.8. The molecule has 38 heavy (non-hydrogen) atoms. The van der Waals surface area contributed by atoms with Gasteiger partial charge in [-0.2, -0.15) is 0 Å². The number of hydrogen-bond acceptors (Lipinski definition) is 3. The van der Waals surface area contributed by atoms with E-state index < -0.39 is 0 Å². The highest BCUT2D eigenvalue weighted by Crippen LogP contribution is 2.75. The zero-order valence-electron chi connectivity index (χ0n) is 25.6. The maximum atomic E-state index is 14.5. The quantitative estimate of drug-likeness (QED) is 0.381. The molecule has 8 atom stereocenters. The molecule has 6 aliphatic rings. The summed E-state index contributed by atoms with van der Waals surface area (Å²) >= 11 is 0. The van der Waals surface area contributed by atoms with E-state index in [4.69, 9.17) is 0 Å². The van der Waals surface area contributed by atoms with Gasteiger partial charge in [0.25, 0.3) is 0 Å². The molecule has 1 saturated heterocycles. The molecule has 1 amide bonds. The number of piperazine rings is 1. The van der Waals surface area contributed by atoms with Crippen LogP contribution in [0.4, 0.5) is 0 Å². The summed E-state index contributed by atoms with van der Waals surface area (Å²) in [5.74, 6) is 2.11. The average Bonchev–Trinajstić information content (AvgIpc) is 2.87. The predicted molar refractivity (Wildman–Crippen MR) is 154 cm³/mol. The van der Waals surface area contributed by atoms with Gasteiger partial charge in [0.15, 0.2) is 0 Å². The summed E-state index contributed by atoms with van der Waals surface area (Å²) in [5.41, 5.74) is 2.46. The van der Waals surface area contributed by atoms with Gasteiger partial charge in [-0.05, 0) is 109 Å². The molecule has 4 saturated carbocycles. The molecule has 0 spiro atoms. The van der Waals surface area contributed by atoms with E-state index in [0.717, 1.165) is 71.1 Å². The Morgan fingerprint density at radius 1 is 0.895 bits per heavy atom. The van der Waals surface area contributed by atoms with Crippen molar-refractivity contribution in [1.82, 2.24) is 10.2 Å². The maximum absolute atomic E-state index is 14.5. The van der Waals surface area contributed by atoms with Gasteiger partial charge in [-0.25, -0.2) is 0 Å². The summed E-state index contributed by atoms with van der Waals surface area (Å²) in [6, 6.07) is 0. The van der Waals surface area contributed by atoms with Crippen LogP contribution in [0.1, 0.15) is 113 Å². The van der Waals surface area contributed by atoms with Gasteiger partial charge in [0.05, 0.1) is 11.5 Å². The highest BCUT2D eigenvalue weighted by atomic mass is 16.3. The van der Waals surface area contributed by atoms with Crippen molar-refractivity contribution in [2.24, 2.45) is 50.2 Å². The molecule has 0 aromatic rings. The Balaban J connectivity index is 1.41. The van der Waals surface area contributed by atoms with E-state index in [1.165, 1.54) is 19.3 Å². The molecule has 1 heterocycles. The lowest BCUT2D eigenvalue weighted by Gasteiger charge is -2.71. The second kappa shape index (κ2) is 8.57. The van der Waals surface area contributed by atoms with Gasteiger partial charge in [0.1, 0.15) is 0 Å². The van der Waals surface area contributed by atoms with E-state index in [2.05, 4.69) is 64.8 Å². The monoisotopic (exact) mass is 524 g/mol. The lowest BCUT2D eigenvalue weighted by Crippen LogP contribution is -2.66. The molecule has 0 bridgehead atoms. The number of allylic oxidation sites excluding steroid dienone is 2. The Hall–Kier alpha value is -0.870. The molecule has 2 N–H and O–H groups in total. The number of nitrogens with zero attached hydrogens (tertiary/aromatic N) is 1. The van der Waals surface area contributed by atoms with Gasteiger partial charge in [-0.15, -0.1) is 0 Å². The van der Waals surface area contributed by atoms with E-state index >= 15 is 0 Å². The first-order valence-corrected chi connectivity index (χ1v) is 16.1. The molecule has 5 aliphatic carbocycles. The van der Waals surface area contributed by atoms with Crippen LogP contribution in [0.25, 0.3) is 0 Å². The average molecular weight is 525 g/mol. The first kappa shape index (κ1) is 27.3. The zero-order valence-corrected chi connectivity index (χ0v) is 25.6. The van der Waals surface area contributed by atoms with Crippen molar-refractivity contribution in [3.05, 3.63) is 11.6 Å². The molecular weight excluding hydrogens is 468 g/mol. The molecular formula is C34H56N2O2. The number of rotatable bonds is 1. The molecule has 5 fully saturated rings. The summed E-state index contributed by atoms with van der Waals surface area (Å²) in [6.45, 7) is 21.1. The zero-order chi connectivity index (χ0) is 27.4. The van der Waals surface area contributed by atoms with Crippen LogP contribution in [-0.2, 0) is 4.79 Å². The Morgan fingerprint density at radius 3 is 2.29 bits per heavy atom. The van der Waals surface area contributed by atoms with E-state index in [1.807, 2.05) is 0 Å². The molecule has 0 radical (unpaired) electrons. The Labute approximate surface area is 232 Å². The van der Waals surface area contributed by atoms with Gasteiger partial charge in [-0.1, -0.05) is 60.1 Å². The summed E-state index contributed by atoms with van der Waals surface area (Å²) in [5, 5.41) is 14.5. The summed E-state index contributed by atoms with van der Waals surface area (Å²) in [7, 11) is 0. The minimum Gasteiger partial charge on any atom is -0.393 e. The summed E-state index contributed by atoms with van der Waals surface area (Å²) in [6.07, 6.45) is 13.9. The molecule has 0 unspecified atom stereocenters. The molecule has 0 aromatic heterocycles. The van der Waals surface area contributed by atoms with Crippen molar-refractivity contribution in [2.75, 3.05) is 26.2 Å². The normalized spacial score (nSPS) is 49.6. The van der Waals surface area contributed by atoms with Crippen LogP contribution in [0.2, 0.25) is 0 Å². The number of aliphatic hydroxyl groups is 1. The van der Waals surface area contributed by atoms with E-state index in [9.17, 15) is 9.90 Å². The highest BCUT2D eigenvalue weighted by Gasteiger charge is 2.69. The topological polar surface area (TPSA) is 52.6 Å². The fourth-order valence-electron chi connectivity index (χ4n) is 11.8. The minimum atomic E-state index is -0.195. The van der Waals surface area contributed by atoms with Crippen LogP contribution in [-0.4, -0.2) is 48.2 Å².